The maximum absolute atomic E-state index is 12.7. The molecule has 3 aromatic rings. The van der Waals surface area contributed by atoms with E-state index in [9.17, 15) is 4.79 Å². The molecule has 0 saturated heterocycles. The summed E-state index contributed by atoms with van der Waals surface area (Å²) in [5.74, 6) is 0.568. The number of nitrogens with one attached hydrogen (secondary N) is 1. The number of hydrogen-bond acceptors (Lipinski definition) is 6. The Balaban J connectivity index is 1.89. The second kappa shape index (κ2) is 11.1. The number of carbonyl (C=O) groups is 1. The average Bonchev–Trinajstić information content (AvgIpc) is 3.20. The number of ether oxygens (including phenoxy) is 2. The van der Waals surface area contributed by atoms with Crippen molar-refractivity contribution in [3.63, 3.8) is 0 Å². The molecular formula is C27H40N4O4Si. The molecule has 0 saturated carbocycles. The second-order valence-corrected chi connectivity index (χ2v) is 16.3. The molecule has 1 unspecified atom stereocenters. The summed E-state index contributed by atoms with van der Waals surface area (Å²) in [7, 11) is -1.98. The summed E-state index contributed by atoms with van der Waals surface area (Å²) in [6, 6.07) is 15.2. The molecule has 0 radical (unpaired) electrons. The van der Waals surface area contributed by atoms with E-state index < -0.39 is 26.1 Å². The van der Waals surface area contributed by atoms with Crippen molar-refractivity contribution in [3.05, 3.63) is 65.6 Å². The molecule has 0 spiro atoms. The van der Waals surface area contributed by atoms with Crippen LogP contribution in [0, 0.1) is 0 Å². The summed E-state index contributed by atoms with van der Waals surface area (Å²) < 4.78 is 20.0. The van der Waals surface area contributed by atoms with E-state index in [2.05, 4.69) is 49.4 Å². The van der Waals surface area contributed by atoms with E-state index in [0.717, 1.165) is 11.3 Å². The minimum Gasteiger partial charge on any atom is -0.444 e. The lowest BCUT2D eigenvalue weighted by Gasteiger charge is -2.36. The van der Waals surface area contributed by atoms with Gasteiger partial charge in [-0.15, -0.1) is 10.2 Å². The molecule has 1 N–H and O–H groups in total. The van der Waals surface area contributed by atoms with Crippen molar-refractivity contribution in [2.45, 2.75) is 84.5 Å². The molecule has 0 aliphatic heterocycles. The second-order valence-electron chi connectivity index (χ2n) is 11.5. The van der Waals surface area contributed by atoms with Crippen molar-refractivity contribution in [2.75, 3.05) is 6.61 Å². The van der Waals surface area contributed by atoms with Crippen LogP contribution in [0.4, 0.5) is 4.79 Å². The van der Waals surface area contributed by atoms with Crippen LogP contribution in [0.15, 0.2) is 48.5 Å². The van der Waals surface area contributed by atoms with E-state index in [4.69, 9.17) is 13.9 Å². The van der Waals surface area contributed by atoms with Gasteiger partial charge in [-0.2, -0.15) is 0 Å². The van der Waals surface area contributed by atoms with Gasteiger partial charge in [0.15, 0.2) is 19.8 Å². The molecule has 0 aliphatic carbocycles. The Hall–Kier alpha value is -2.75. The molecule has 9 heteroatoms. The van der Waals surface area contributed by atoms with Gasteiger partial charge in [-0.25, -0.2) is 4.79 Å². The van der Waals surface area contributed by atoms with E-state index in [1.54, 1.807) is 0 Å². The van der Waals surface area contributed by atoms with E-state index in [1.807, 2.05) is 73.7 Å². The smallest absolute Gasteiger partial charge is 0.408 e. The highest BCUT2D eigenvalue weighted by Crippen LogP contribution is 2.37. The van der Waals surface area contributed by atoms with Crippen LogP contribution in [0.5, 0.6) is 0 Å². The topological polar surface area (TPSA) is 87.0 Å². The van der Waals surface area contributed by atoms with Crippen molar-refractivity contribution >= 4 is 20.1 Å². The Morgan fingerprint density at radius 3 is 2.31 bits per heavy atom. The zero-order valence-electron chi connectivity index (χ0n) is 22.8. The highest BCUT2D eigenvalue weighted by atomic mass is 28.4. The zero-order valence-corrected chi connectivity index (χ0v) is 23.8. The number of fused-ring (bicyclic) bond motifs is 1. The Kier molecular flexibility index (Phi) is 8.58. The van der Waals surface area contributed by atoms with Crippen LogP contribution in [0.25, 0.3) is 5.65 Å². The number of rotatable bonds is 9. The van der Waals surface area contributed by atoms with Crippen molar-refractivity contribution < 1.29 is 18.7 Å². The number of nitrogens with zero attached hydrogens (tertiary/aromatic N) is 3. The van der Waals surface area contributed by atoms with Gasteiger partial charge in [0, 0.05) is 0 Å². The Morgan fingerprint density at radius 1 is 0.972 bits per heavy atom. The van der Waals surface area contributed by atoms with Crippen LogP contribution < -0.4 is 5.32 Å². The van der Waals surface area contributed by atoms with Crippen LogP contribution in [0.1, 0.15) is 64.7 Å². The van der Waals surface area contributed by atoms with Gasteiger partial charge in [0.1, 0.15) is 11.6 Å². The van der Waals surface area contributed by atoms with Gasteiger partial charge >= 0.3 is 6.09 Å². The van der Waals surface area contributed by atoms with Crippen LogP contribution >= 0.6 is 0 Å². The third-order valence-electron chi connectivity index (χ3n) is 6.32. The van der Waals surface area contributed by atoms with Gasteiger partial charge in [0.05, 0.1) is 25.5 Å². The maximum Gasteiger partial charge on any atom is 0.408 e. The van der Waals surface area contributed by atoms with Crippen molar-refractivity contribution in [2.24, 2.45) is 0 Å². The van der Waals surface area contributed by atoms with Gasteiger partial charge < -0.3 is 19.2 Å². The normalized spacial score (nSPS) is 13.6. The fourth-order valence-corrected chi connectivity index (χ4v) is 4.28. The summed E-state index contributed by atoms with van der Waals surface area (Å²) >= 11 is 0. The number of alkyl carbamates (subject to hydrolysis) is 1. The standard InChI is InChI=1S/C27H40N4O4Si/c1-26(2,3)35-25(32)28-22(19-33-17-20-13-10-9-11-14-20)24-30-29-23-16-12-15-21(31(23)24)18-34-36(7,8)27(4,5)6/h9-16,22H,17-19H2,1-8H3,(H,28,32). The third kappa shape index (κ3) is 7.38. The first-order valence-corrected chi connectivity index (χ1v) is 15.3. The fourth-order valence-electron chi connectivity index (χ4n) is 3.34. The van der Waals surface area contributed by atoms with Crippen molar-refractivity contribution in [1.29, 1.82) is 0 Å². The summed E-state index contributed by atoms with van der Waals surface area (Å²) in [5, 5.41) is 11.8. The molecular weight excluding hydrogens is 472 g/mol. The van der Waals surface area contributed by atoms with Crippen LogP contribution in [-0.4, -0.2) is 41.2 Å². The molecule has 36 heavy (non-hydrogen) atoms. The summed E-state index contributed by atoms with van der Waals surface area (Å²) in [4.78, 5) is 12.7. The predicted molar refractivity (Wildman–Crippen MR) is 143 cm³/mol. The molecule has 0 bridgehead atoms. The molecule has 1 atom stereocenters. The predicted octanol–water partition coefficient (Wildman–Crippen LogP) is 6.03. The summed E-state index contributed by atoms with van der Waals surface area (Å²) in [6.45, 7) is 17.6. The SMILES string of the molecule is CC(C)(C)OC(=O)NC(COCc1ccccc1)c1nnc2cccc(CO[Si](C)(C)C(C)(C)C)n12. The molecule has 2 aromatic heterocycles. The van der Waals surface area contributed by atoms with Gasteiger partial charge in [-0.05, 0) is 56.6 Å². The lowest BCUT2D eigenvalue weighted by atomic mass is 10.2. The minimum absolute atomic E-state index is 0.0863. The highest BCUT2D eigenvalue weighted by Gasteiger charge is 2.37. The molecule has 1 aromatic carbocycles. The molecule has 196 valence electrons. The zero-order chi connectivity index (χ0) is 26.6. The van der Waals surface area contributed by atoms with Crippen molar-refractivity contribution in [1.82, 2.24) is 19.9 Å². The molecule has 0 aliphatic rings. The summed E-state index contributed by atoms with van der Waals surface area (Å²) in [5.41, 5.74) is 2.01. The number of amides is 1. The third-order valence-corrected chi connectivity index (χ3v) is 10.8. The lowest BCUT2D eigenvalue weighted by molar-refractivity contribution is 0.0419. The molecule has 8 nitrogen and oxygen atoms in total. The Labute approximate surface area is 215 Å². The molecule has 0 fully saturated rings. The quantitative estimate of drug-likeness (QED) is 0.352. The van der Waals surface area contributed by atoms with Crippen LogP contribution in [0.3, 0.4) is 0 Å². The molecule has 3 rings (SSSR count). The number of carbonyl (C=O) groups excluding carboxylic acids is 1. The Bertz CT molecular complexity index is 1150. The number of pyridine rings is 1. The maximum atomic E-state index is 12.7. The van der Waals surface area contributed by atoms with E-state index in [0.29, 0.717) is 24.7 Å². The van der Waals surface area contributed by atoms with Crippen molar-refractivity contribution in [3.8, 4) is 0 Å². The largest absolute Gasteiger partial charge is 0.444 e. The van der Waals surface area contributed by atoms with E-state index in [1.165, 1.54) is 0 Å². The number of hydrogen-bond donors (Lipinski definition) is 1. The lowest BCUT2D eigenvalue weighted by Crippen LogP contribution is -2.40. The minimum atomic E-state index is -1.98. The first-order chi connectivity index (χ1) is 16.8. The highest BCUT2D eigenvalue weighted by molar-refractivity contribution is 6.74. The van der Waals surface area contributed by atoms with E-state index in [-0.39, 0.29) is 11.6 Å². The Morgan fingerprint density at radius 2 is 1.67 bits per heavy atom. The molecule has 1 amide bonds. The number of aromatic nitrogens is 3. The summed E-state index contributed by atoms with van der Waals surface area (Å²) in [6.07, 6.45) is -0.539. The van der Waals surface area contributed by atoms with E-state index >= 15 is 0 Å². The van der Waals surface area contributed by atoms with Gasteiger partial charge in [-0.3, -0.25) is 4.40 Å². The molecule has 2 heterocycles. The first-order valence-electron chi connectivity index (χ1n) is 12.3. The van der Waals surface area contributed by atoms with Crippen LogP contribution in [0.2, 0.25) is 18.1 Å². The van der Waals surface area contributed by atoms with Crippen LogP contribution in [-0.2, 0) is 27.1 Å². The van der Waals surface area contributed by atoms with Gasteiger partial charge in [-0.1, -0.05) is 57.2 Å². The van der Waals surface area contributed by atoms with Gasteiger partial charge in [0.2, 0.25) is 0 Å². The monoisotopic (exact) mass is 512 g/mol. The van der Waals surface area contributed by atoms with Gasteiger partial charge in [0.25, 0.3) is 0 Å². The average molecular weight is 513 g/mol. The fraction of sp³-hybridized carbons (Fsp3) is 0.519. The number of benzene rings is 1. The first kappa shape index (κ1) is 27.8.